The van der Waals surface area contributed by atoms with Crippen LogP contribution in [0.1, 0.15) is 5.56 Å². The number of hydrogen-bond donors (Lipinski definition) is 1. The Morgan fingerprint density at radius 3 is 1.83 bits per heavy atom. The minimum Gasteiger partial charge on any atom is -0.273 e. The third-order valence-electron chi connectivity index (χ3n) is 3.27. The highest BCUT2D eigenvalue weighted by Gasteiger charge is 2.48. The molecule has 0 aromatic heterocycles. The number of fused-ring (bicyclic) bond motifs is 1. The van der Waals surface area contributed by atoms with Gasteiger partial charge >= 0.3 is 0 Å². The van der Waals surface area contributed by atoms with E-state index >= 15 is 0 Å². The van der Waals surface area contributed by atoms with Gasteiger partial charge in [0, 0.05) is 3.82 Å². The van der Waals surface area contributed by atoms with Crippen LogP contribution in [0.25, 0.3) is 0 Å². The predicted octanol–water partition coefficient (Wildman–Crippen LogP) is 0.654. The van der Waals surface area contributed by atoms with Gasteiger partial charge in [0.1, 0.15) is 9.79 Å². The Labute approximate surface area is 133 Å². The third-order valence-corrected chi connectivity index (χ3v) is 7.45. The van der Waals surface area contributed by atoms with E-state index < -0.39 is 26.0 Å². The molecule has 7 nitrogen and oxygen atoms in total. The summed E-state index contributed by atoms with van der Waals surface area (Å²) in [5.74, 6) is -0.740. The molecule has 1 heterocycles. The molecular weight excluding hydrogens is 340 g/mol. The molecule has 0 saturated heterocycles. The second-order valence-corrected chi connectivity index (χ2v) is 8.59. The van der Waals surface area contributed by atoms with Gasteiger partial charge in [-0.1, -0.05) is 42.5 Å². The minimum absolute atomic E-state index is 0.0376. The molecule has 23 heavy (non-hydrogen) atoms. The lowest BCUT2D eigenvalue weighted by molar-refractivity contribution is -0.122. The summed E-state index contributed by atoms with van der Waals surface area (Å²) in [5, 5.41) is 0. The van der Waals surface area contributed by atoms with Gasteiger partial charge < -0.3 is 0 Å². The highest BCUT2D eigenvalue weighted by Crippen LogP contribution is 2.34. The summed E-state index contributed by atoms with van der Waals surface area (Å²) in [6.45, 7) is 0. The number of sulfonamides is 2. The van der Waals surface area contributed by atoms with Crippen LogP contribution < -0.4 is 5.43 Å². The van der Waals surface area contributed by atoms with E-state index in [1.54, 1.807) is 30.3 Å². The third kappa shape index (κ3) is 2.62. The molecule has 0 saturated carbocycles. The van der Waals surface area contributed by atoms with Crippen molar-refractivity contribution in [2.45, 2.75) is 16.2 Å². The molecule has 0 radical (unpaired) electrons. The molecular formula is C14H12N2O5S2. The average Bonchev–Trinajstić information content (AvgIpc) is 2.67. The van der Waals surface area contributed by atoms with Crippen LogP contribution in [0.5, 0.6) is 0 Å². The molecule has 0 spiro atoms. The lowest BCUT2D eigenvalue weighted by Crippen LogP contribution is -2.46. The molecule has 120 valence electrons. The van der Waals surface area contributed by atoms with E-state index in [0.717, 1.165) is 0 Å². The molecule has 0 aliphatic carbocycles. The second-order valence-electron chi connectivity index (χ2n) is 4.85. The Hall–Kier alpha value is -2.23. The average molecular weight is 352 g/mol. The fourth-order valence-corrected chi connectivity index (χ4v) is 6.32. The topological polar surface area (TPSA) is 101 Å². The van der Waals surface area contributed by atoms with Crippen molar-refractivity contribution < 1.29 is 21.6 Å². The van der Waals surface area contributed by atoms with Crippen molar-refractivity contribution >= 4 is 26.0 Å². The van der Waals surface area contributed by atoms with E-state index in [1.807, 2.05) is 5.43 Å². The van der Waals surface area contributed by atoms with Gasteiger partial charge in [-0.05, 0) is 17.7 Å². The maximum atomic E-state index is 12.3. The summed E-state index contributed by atoms with van der Waals surface area (Å²) in [7, 11) is -8.66. The lowest BCUT2D eigenvalue weighted by Gasteiger charge is -2.14. The Balaban J connectivity index is 1.91. The van der Waals surface area contributed by atoms with Gasteiger partial charge in [0.2, 0.25) is 5.91 Å². The molecule has 2 aromatic rings. The molecule has 2 aromatic carbocycles. The minimum atomic E-state index is -4.33. The van der Waals surface area contributed by atoms with Crippen LogP contribution >= 0.6 is 0 Å². The van der Waals surface area contributed by atoms with Gasteiger partial charge in [-0.3, -0.25) is 10.2 Å². The zero-order chi connectivity index (χ0) is 16.7. The van der Waals surface area contributed by atoms with Crippen LogP contribution in [0.2, 0.25) is 0 Å². The van der Waals surface area contributed by atoms with Crippen LogP contribution in [0, 0.1) is 0 Å². The van der Waals surface area contributed by atoms with Crippen LogP contribution in [0.15, 0.2) is 64.4 Å². The van der Waals surface area contributed by atoms with Gasteiger partial charge in [-0.15, -0.1) is 0 Å². The van der Waals surface area contributed by atoms with E-state index in [1.165, 1.54) is 24.3 Å². The van der Waals surface area contributed by atoms with Crippen molar-refractivity contribution in [3.05, 3.63) is 60.2 Å². The van der Waals surface area contributed by atoms with E-state index in [-0.39, 0.29) is 20.0 Å². The normalized spacial score (nSPS) is 18.3. The van der Waals surface area contributed by atoms with Crippen LogP contribution in [-0.4, -0.2) is 26.6 Å². The molecule has 1 amide bonds. The number of amides is 1. The Morgan fingerprint density at radius 2 is 1.30 bits per heavy atom. The molecule has 0 unspecified atom stereocenters. The van der Waals surface area contributed by atoms with Crippen molar-refractivity contribution in [3.63, 3.8) is 0 Å². The number of rotatable bonds is 3. The first-order valence-corrected chi connectivity index (χ1v) is 9.44. The van der Waals surface area contributed by atoms with Gasteiger partial charge in [-0.2, -0.15) is 0 Å². The van der Waals surface area contributed by atoms with Crippen molar-refractivity contribution in [2.24, 2.45) is 0 Å². The van der Waals surface area contributed by atoms with Crippen LogP contribution in [-0.2, 0) is 31.3 Å². The summed E-state index contributed by atoms with van der Waals surface area (Å²) in [4.78, 5) is 11.3. The molecule has 9 heteroatoms. The number of nitrogens with one attached hydrogen (secondary N) is 1. The SMILES string of the molecule is O=C(Cc1ccccc1)NN1S(=O)(=O)c2ccccc2S1(=O)=O. The van der Waals surface area contributed by atoms with E-state index in [0.29, 0.717) is 5.56 Å². The second kappa shape index (κ2) is 5.44. The van der Waals surface area contributed by atoms with E-state index in [4.69, 9.17) is 0 Å². The molecule has 1 N–H and O–H groups in total. The summed E-state index contributed by atoms with van der Waals surface area (Å²) in [6.07, 6.45) is -0.140. The number of hydrogen-bond acceptors (Lipinski definition) is 5. The lowest BCUT2D eigenvalue weighted by atomic mass is 10.1. The molecule has 3 rings (SSSR count). The number of carbonyl (C=O) groups excluding carboxylic acids is 1. The van der Waals surface area contributed by atoms with Gasteiger partial charge in [-0.25, -0.2) is 16.8 Å². The number of hydrazine groups is 1. The Morgan fingerprint density at radius 1 is 0.826 bits per heavy atom. The maximum absolute atomic E-state index is 12.3. The van der Waals surface area contributed by atoms with Crippen molar-refractivity contribution in [1.29, 1.82) is 0 Å². The summed E-state index contributed by atoms with van der Waals surface area (Å²) in [5.41, 5.74) is 2.61. The zero-order valence-corrected chi connectivity index (χ0v) is 13.3. The molecule has 0 atom stereocenters. The zero-order valence-electron chi connectivity index (χ0n) is 11.7. The number of nitrogens with zero attached hydrogens (tertiary/aromatic N) is 1. The number of carbonyl (C=O) groups is 1. The molecule has 0 bridgehead atoms. The fraction of sp³-hybridized carbons (Fsp3) is 0.0714. The summed E-state index contributed by atoms with van der Waals surface area (Å²) < 4.78 is 49.3. The summed E-state index contributed by atoms with van der Waals surface area (Å²) in [6, 6.07) is 13.8. The van der Waals surface area contributed by atoms with Gasteiger partial charge in [0.25, 0.3) is 20.0 Å². The van der Waals surface area contributed by atoms with Crippen molar-refractivity contribution in [1.82, 2.24) is 9.25 Å². The largest absolute Gasteiger partial charge is 0.275 e. The van der Waals surface area contributed by atoms with Crippen LogP contribution in [0.4, 0.5) is 0 Å². The Kier molecular flexibility index (Phi) is 3.71. The smallest absolute Gasteiger partial charge is 0.273 e. The quantitative estimate of drug-likeness (QED) is 0.874. The van der Waals surface area contributed by atoms with Gasteiger partial charge in [0.15, 0.2) is 0 Å². The Bertz CT molecular complexity index is 916. The van der Waals surface area contributed by atoms with Crippen molar-refractivity contribution in [3.8, 4) is 0 Å². The monoisotopic (exact) mass is 352 g/mol. The highest BCUT2D eigenvalue weighted by molar-refractivity contribution is 8.06. The number of benzene rings is 2. The summed E-state index contributed by atoms with van der Waals surface area (Å²) >= 11 is 0. The predicted molar refractivity (Wildman–Crippen MR) is 80.9 cm³/mol. The molecule has 1 aliphatic rings. The fourth-order valence-electron chi connectivity index (χ4n) is 2.23. The first-order valence-electron chi connectivity index (χ1n) is 6.56. The van der Waals surface area contributed by atoms with Crippen LogP contribution in [0.3, 0.4) is 0 Å². The first kappa shape index (κ1) is 15.7. The van der Waals surface area contributed by atoms with E-state index in [9.17, 15) is 21.6 Å². The van der Waals surface area contributed by atoms with Crippen molar-refractivity contribution in [2.75, 3.05) is 0 Å². The molecule has 0 fully saturated rings. The standard InChI is InChI=1S/C14H12N2O5S2/c17-14(10-11-6-2-1-3-7-11)15-16-22(18,19)12-8-4-5-9-13(12)23(16,20)21/h1-9H,10H2,(H,15,17). The van der Waals surface area contributed by atoms with Gasteiger partial charge in [0.05, 0.1) is 6.42 Å². The first-order chi connectivity index (χ1) is 10.8. The maximum Gasteiger partial charge on any atom is 0.275 e. The van der Waals surface area contributed by atoms with E-state index in [2.05, 4.69) is 0 Å². The molecule has 1 aliphatic heterocycles. The highest BCUT2D eigenvalue weighted by atomic mass is 32.3.